The molecular formula is C28H38BrIN2O6S2. The van der Waals surface area contributed by atoms with Crippen LogP contribution >= 0.6 is 50.3 Å². The molecule has 0 N–H and O–H groups in total. The quantitative estimate of drug-likeness (QED) is 0.0627. The van der Waals surface area contributed by atoms with Crippen LogP contribution in [-0.4, -0.2) is 64.2 Å². The predicted molar refractivity (Wildman–Crippen MR) is 170 cm³/mol. The van der Waals surface area contributed by atoms with Crippen molar-refractivity contribution in [3.63, 3.8) is 0 Å². The van der Waals surface area contributed by atoms with E-state index < -0.39 is 30.3 Å². The van der Waals surface area contributed by atoms with Gasteiger partial charge in [0.15, 0.2) is 20.4 Å². The molecule has 8 nitrogen and oxygen atoms in total. The molecule has 3 heterocycles. The number of rotatable bonds is 12. The number of amides is 1. The highest BCUT2D eigenvalue weighted by Gasteiger charge is 2.70. The molecule has 3 aliphatic rings. The Morgan fingerprint density at radius 2 is 1.98 bits per heavy atom. The first-order chi connectivity index (χ1) is 18.9. The summed E-state index contributed by atoms with van der Waals surface area (Å²) in [6.45, 7) is 8.14. The van der Waals surface area contributed by atoms with E-state index in [2.05, 4.69) is 29.8 Å². The number of benzene rings is 1. The van der Waals surface area contributed by atoms with Crippen molar-refractivity contribution in [2.45, 2.75) is 96.4 Å². The largest absolute Gasteiger partial charge is 0.616 e. The highest BCUT2D eigenvalue weighted by molar-refractivity contribution is 14.1. The van der Waals surface area contributed by atoms with Gasteiger partial charge < -0.3 is 23.7 Å². The standard InChI is InChI=1S/C18H28O3S.C10H10BrIN2O3S/c1-3-4-5-6-7-8-11-22(19)15(2)12-16-9-10-17-18(13-16)21-14-20-17;1-9(2)5(6(15)17-4-3-13)14-7(16)10(11,12)8(14)18-9/h9-10,13,15H,3-8,11-12,14H2,1-2H3;5,8H,4H2,1-2H3/t;5-,8+,10?/m.0/s1. The van der Waals surface area contributed by atoms with E-state index in [0.717, 1.165) is 30.1 Å². The lowest BCUT2D eigenvalue weighted by molar-refractivity contribution is -0.160. The predicted octanol–water partition coefficient (Wildman–Crippen LogP) is 6.10. The van der Waals surface area contributed by atoms with Crippen LogP contribution < -0.4 is 9.47 Å². The summed E-state index contributed by atoms with van der Waals surface area (Å²) in [5, 5.41) is 8.54. The lowest BCUT2D eigenvalue weighted by atomic mass is 9.98. The number of ether oxygens (including phenoxy) is 3. The van der Waals surface area contributed by atoms with Crippen molar-refractivity contribution in [1.29, 1.82) is 5.26 Å². The Labute approximate surface area is 267 Å². The Hall–Kier alpha value is -0.880. The normalized spacial score (nSPS) is 25.1. The maximum Gasteiger partial charge on any atom is 0.331 e. The van der Waals surface area contributed by atoms with Gasteiger partial charge in [0.1, 0.15) is 28.5 Å². The number of hydrogen-bond donors (Lipinski definition) is 0. The highest BCUT2D eigenvalue weighted by atomic mass is 127. The number of esters is 1. The lowest BCUT2D eigenvalue weighted by Crippen LogP contribution is -2.68. The van der Waals surface area contributed by atoms with E-state index in [1.807, 2.05) is 54.6 Å². The molecule has 0 saturated carbocycles. The number of carbonyl (C=O) groups is 2. The molecule has 40 heavy (non-hydrogen) atoms. The van der Waals surface area contributed by atoms with Crippen molar-refractivity contribution in [2.75, 3.05) is 19.2 Å². The summed E-state index contributed by atoms with van der Waals surface area (Å²) in [4.78, 5) is 25.5. The van der Waals surface area contributed by atoms with Gasteiger partial charge in [-0.2, -0.15) is 5.26 Å². The number of unbranched alkanes of at least 4 members (excludes halogenated alkanes) is 5. The minimum Gasteiger partial charge on any atom is -0.616 e. The molecule has 222 valence electrons. The number of nitriles is 1. The van der Waals surface area contributed by atoms with Gasteiger partial charge in [0.25, 0.3) is 5.91 Å². The zero-order valence-electron chi connectivity index (χ0n) is 23.5. The number of fused-ring (bicyclic) bond motifs is 2. The fraction of sp³-hybridized carbons (Fsp3) is 0.679. The SMILES string of the molecule is CC1(C)S[C@H]2N(C(=O)C2(Br)I)[C@H]1C(=O)OCC#N.CCCCCCCC[S+]([O-])C(C)Cc1ccc2c(c1)OCO2. The van der Waals surface area contributed by atoms with E-state index in [0.29, 0.717) is 6.79 Å². The van der Waals surface area contributed by atoms with Crippen molar-refractivity contribution in [3.05, 3.63) is 23.8 Å². The molecule has 0 radical (unpaired) electrons. The van der Waals surface area contributed by atoms with Crippen molar-refractivity contribution in [3.8, 4) is 17.6 Å². The summed E-state index contributed by atoms with van der Waals surface area (Å²) in [5.74, 6) is 1.82. The second-order valence-corrected chi connectivity index (χ2v) is 18.8. The summed E-state index contributed by atoms with van der Waals surface area (Å²) in [5.41, 5.74) is 1.17. The fourth-order valence-electron chi connectivity index (χ4n) is 4.86. The fourth-order valence-corrected chi connectivity index (χ4v) is 9.29. The molecule has 1 amide bonds. The second kappa shape index (κ2) is 15.0. The lowest BCUT2D eigenvalue weighted by Gasteiger charge is -2.46. The van der Waals surface area contributed by atoms with Crippen LogP contribution in [0.5, 0.6) is 11.5 Å². The van der Waals surface area contributed by atoms with Crippen LogP contribution in [0.25, 0.3) is 0 Å². The van der Waals surface area contributed by atoms with Gasteiger partial charge in [-0.15, -0.1) is 11.8 Å². The minimum absolute atomic E-state index is 0.0831. The third-order valence-electron chi connectivity index (χ3n) is 7.04. The van der Waals surface area contributed by atoms with E-state index in [1.54, 1.807) is 22.7 Å². The topological polar surface area (TPSA) is 112 Å². The van der Waals surface area contributed by atoms with Crippen LogP contribution in [0.3, 0.4) is 0 Å². The number of carbonyl (C=O) groups excluding carboxylic acids is 2. The van der Waals surface area contributed by atoms with Crippen LogP contribution in [0.4, 0.5) is 0 Å². The van der Waals surface area contributed by atoms with Crippen LogP contribution in [0, 0.1) is 11.3 Å². The molecule has 2 fully saturated rings. The molecule has 0 spiro atoms. The van der Waals surface area contributed by atoms with Gasteiger partial charge in [0.2, 0.25) is 6.79 Å². The Morgan fingerprint density at radius 1 is 1.30 bits per heavy atom. The molecule has 0 aliphatic carbocycles. The van der Waals surface area contributed by atoms with E-state index in [1.165, 1.54) is 37.7 Å². The molecule has 3 unspecified atom stereocenters. The van der Waals surface area contributed by atoms with E-state index in [9.17, 15) is 14.1 Å². The average molecular weight is 770 g/mol. The van der Waals surface area contributed by atoms with Crippen molar-refractivity contribution in [1.82, 2.24) is 4.90 Å². The van der Waals surface area contributed by atoms with Gasteiger partial charge >= 0.3 is 5.97 Å². The Morgan fingerprint density at radius 3 is 2.67 bits per heavy atom. The van der Waals surface area contributed by atoms with E-state index in [4.69, 9.17) is 19.5 Å². The third kappa shape index (κ3) is 8.14. The summed E-state index contributed by atoms with van der Waals surface area (Å²) in [6, 6.07) is 7.13. The Bertz CT molecular complexity index is 1090. The smallest absolute Gasteiger partial charge is 0.331 e. The van der Waals surface area contributed by atoms with Crippen LogP contribution in [0.2, 0.25) is 0 Å². The van der Waals surface area contributed by atoms with Crippen LogP contribution in [-0.2, 0) is 31.9 Å². The van der Waals surface area contributed by atoms with Crippen molar-refractivity contribution < 1.29 is 28.4 Å². The first kappa shape index (κ1) is 33.6. The maximum absolute atomic E-state index is 12.3. The molecular weight excluding hydrogens is 731 g/mol. The molecule has 2 saturated heterocycles. The van der Waals surface area contributed by atoms with E-state index >= 15 is 0 Å². The molecule has 12 heteroatoms. The van der Waals surface area contributed by atoms with Crippen LogP contribution in [0.1, 0.15) is 71.8 Å². The van der Waals surface area contributed by atoms with Gasteiger partial charge in [-0.1, -0.05) is 88.4 Å². The summed E-state index contributed by atoms with van der Waals surface area (Å²) in [7, 11) is 0. The zero-order valence-corrected chi connectivity index (χ0v) is 28.8. The average Bonchev–Trinajstić information content (AvgIpc) is 3.49. The van der Waals surface area contributed by atoms with Crippen molar-refractivity contribution in [2.24, 2.45) is 0 Å². The van der Waals surface area contributed by atoms with Gasteiger partial charge in [0, 0.05) is 11.2 Å². The van der Waals surface area contributed by atoms with Gasteiger partial charge in [-0.05, 0) is 51.3 Å². The Balaban J connectivity index is 0.000000225. The number of nitrogens with zero attached hydrogens (tertiary/aromatic N) is 2. The van der Waals surface area contributed by atoms with E-state index in [-0.39, 0.29) is 23.1 Å². The Kier molecular flexibility index (Phi) is 12.6. The summed E-state index contributed by atoms with van der Waals surface area (Å²) in [6.07, 6.45) is 8.32. The van der Waals surface area contributed by atoms with Crippen molar-refractivity contribution >= 4 is 73.3 Å². The number of β-lactam (4-membered cyclic amide) rings is 1. The number of thioether (sulfide) groups is 1. The highest BCUT2D eigenvalue weighted by Crippen LogP contribution is 2.60. The maximum atomic E-state index is 12.3. The number of hydrogen-bond acceptors (Lipinski definition) is 8. The van der Waals surface area contributed by atoms with Gasteiger partial charge in [-0.3, -0.25) is 4.79 Å². The van der Waals surface area contributed by atoms with Gasteiger partial charge in [0.05, 0.1) is 0 Å². The molecule has 5 atom stereocenters. The monoisotopic (exact) mass is 768 g/mol. The number of alkyl halides is 2. The molecule has 1 aromatic rings. The second-order valence-electron chi connectivity index (χ2n) is 10.6. The first-order valence-corrected chi connectivity index (χ1v) is 17.7. The summed E-state index contributed by atoms with van der Waals surface area (Å²) >= 11 is 6.26. The molecule has 1 aromatic carbocycles. The number of halogens is 2. The minimum atomic E-state index is -0.743. The third-order valence-corrected chi connectivity index (χ3v) is 13.0. The molecule has 4 rings (SSSR count). The first-order valence-electron chi connectivity index (χ1n) is 13.6. The van der Waals surface area contributed by atoms with Gasteiger partial charge in [-0.25, -0.2) is 4.79 Å². The molecule has 0 bridgehead atoms. The zero-order chi connectivity index (χ0) is 29.5. The summed E-state index contributed by atoms with van der Waals surface area (Å²) < 4.78 is 26.8. The van der Waals surface area contributed by atoms with Crippen LogP contribution in [0.15, 0.2) is 18.2 Å². The molecule has 0 aromatic heterocycles. The molecule has 3 aliphatic heterocycles.